The van der Waals surface area contributed by atoms with Gasteiger partial charge in [0.15, 0.2) is 11.6 Å². The molecule has 6 nitrogen and oxygen atoms in total. The van der Waals surface area contributed by atoms with E-state index in [0.29, 0.717) is 27.5 Å². The Labute approximate surface area is 214 Å². The highest BCUT2D eigenvalue weighted by atomic mass is 32.2. The summed E-state index contributed by atoms with van der Waals surface area (Å²) in [7, 11) is 1.32. The zero-order valence-corrected chi connectivity index (χ0v) is 20.6. The van der Waals surface area contributed by atoms with Crippen molar-refractivity contribution in [3.05, 3.63) is 105 Å². The number of thioether (sulfide) groups is 1. The van der Waals surface area contributed by atoms with Crippen molar-refractivity contribution in [3.63, 3.8) is 0 Å². The highest BCUT2D eigenvalue weighted by Gasteiger charge is 2.35. The van der Waals surface area contributed by atoms with Crippen molar-refractivity contribution in [3.8, 4) is 16.9 Å². The molecule has 0 spiro atoms. The summed E-state index contributed by atoms with van der Waals surface area (Å²) in [5.41, 5.74) is 0.826. The van der Waals surface area contributed by atoms with Gasteiger partial charge in [0.2, 0.25) is 0 Å². The van der Waals surface area contributed by atoms with E-state index in [0.717, 1.165) is 12.1 Å². The van der Waals surface area contributed by atoms with Gasteiger partial charge in [-0.15, -0.1) is 11.8 Å². The van der Waals surface area contributed by atoms with Crippen molar-refractivity contribution in [2.75, 3.05) is 12.9 Å². The van der Waals surface area contributed by atoms with Crippen LogP contribution in [0, 0.1) is 24.4 Å². The number of halogens is 3. The van der Waals surface area contributed by atoms with Crippen LogP contribution in [-0.2, 0) is 6.42 Å². The van der Waals surface area contributed by atoms with Crippen molar-refractivity contribution >= 4 is 17.5 Å². The van der Waals surface area contributed by atoms with Crippen molar-refractivity contribution < 1.29 is 27.5 Å². The van der Waals surface area contributed by atoms with E-state index in [2.05, 4.69) is 5.16 Å². The number of hydrogen-bond donors (Lipinski definition) is 1. The summed E-state index contributed by atoms with van der Waals surface area (Å²) < 4.78 is 56.4. The topological polar surface area (TPSA) is 77.0 Å². The molecule has 0 radical (unpaired) electrons. The molecule has 0 aliphatic carbocycles. The molecule has 37 heavy (non-hydrogen) atoms. The Morgan fingerprint density at radius 1 is 1.16 bits per heavy atom. The third-order valence-corrected chi connectivity index (χ3v) is 7.73. The summed E-state index contributed by atoms with van der Waals surface area (Å²) in [6.07, 6.45) is 2.62. The SMILES string of the molecule is COc1cccc(-c2c(C)c(Cc3c(F)cccc3F)c3n(c2=O)C(/C(=N/O)c2ccoc2)CS3)c1F. The molecule has 4 aromatic rings. The third-order valence-electron chi connectivity index (χ3n) is 6.53. The molecule has 0 amide bonds. The fourth-order valence-corrected chi connectivity index (χ4v) is 6.07. The number of pyridine rings is 1. The molecule has 3 heterocycles. The summed E-state index contributed by atoms with van der Waals surface area (Å²) in [6, 6.07) is 8.90. The maximum atomic E-state index is 15.4. The predicted octanol–water partition coefficient (Wildman–Crippen LogP) is 5.96. The van der Waals surface area contributed by atoms with Gasteiger partial charge < -0.3 is 14.4 Å². The van der Waals surface area contributed by atoms with Gasteiger partial charge in [0.1, 0.15) is 17.3 Å². The predicted molar refractivity (Wildman–Crippen MR) is 133 cm³/mol. The molecule has 1 atom stereocenters. The van der Waals surface area contributed by atoms with Crippen LogP contribution in [0.4, 0.5) is 13.2 Å². The number of hydrogen-bond acceptors (Lipinski definition) is 6. The number of oxime groups is 1. The van der Waals surface area contributed by atoms with Crippen molar-refractivity contribution in [1.82, 2.24) is 4.57 Å². The van der Waals surface area contributed by atoms with Crippen LogP contribution in [-0.4, -0.2) is 28.3 Å². The van der Waals surface area contributed by atoms with Crippen LogP contribution in [0.2, 0.25) is 0 Å². The summed E-state index contributed by atoms with van der Waals surface area (Å²) >= 11 is 1.30. The van der Waals surface area contributed by atoms with Crippen molar-refractivity contribution in [2.45, 2.75) is 24.4 Å². The van der Waals surface area contributed by atoms with Crippen LogP contribution in [0.5, 0.6) is 5.75 Å². The van der Waals surface area contributed by atoms with E-state index in [1.54, 1.807) is 19.1 Å². The first-order valence-corrected chi connectivity index (χ1v) is 12.3. The standard InChI is InChI=1S/C27H21F3N2O4S/c1-14-17(11-18-19(28)6-4-7-20(18)29)27-32(21(13-37-27)25(31-34)15-9-10-36-12-15)26(33)23(14)16-5-3-8-22(35-2)24(16)30/h3-10,12,21,34H,11,13H2,1-2H3/b31-25+. The van der Waals surface area contributed by atoms with Crippen LogP contribution in [0.3, 0.4) is 0 Å². The maximum Gasteiger partial charge on any atom is 0.260 e. The molecule has 2 aromatic heterocycles. The molecule has 0 bridgehead atoms. The van der Waals surface area contributed by atoms with Gasteiger partial charge in [-0.05, 0) is 42.3 Å². The van der Waals surface area contributed by atoms with E-state index in [9.17, 15) is 18.8 Å². The molecule has 2 aromatic carbocycles. The number of fused-ring (bicyclic) bond motifs is 1. The van der Waals surface area contributed by atoms with E-state index < -0.39 is 29.1 Å². The Balaban J connectivity index is 1.80. The smallest absolute Gasteiger partial charge is 0.260 e. The summed E-state index contributed by atoms with van der Waals surface area (Å²) in [6.45, 7) is 1.63. The Morgan fingerprint density at radius 3 is 2.54 bits per heavy atom. The highest BCUT2D eigenvalue weighted by molar-refractivity contribution is 7.99. The molecule has 5 rings (SSSR count). The molecule has 1 aliphatic rings. The monoisotopic (exact) mass is 526 g/mol. The minimum atomic E-state index is -0.743. The molecule has 0 saturated heterocycles. The van der Waals surface area contributed by atoms with Crippen LogP contribution >= 0.6 is 11.8 Å². The lowest BCUT2D eigenvalue weighted by Crippen LogP contribution is -2.32. The molecule has 1 N–H and O–H groups in total. The highest BCUT2D eigenvalue weighted by Crippen LogP contribution is 2.42. The number of furan rings is 1. The van der Waals surface area contributed by atoms with E-state index >= 15 is 4.39 Å². The van der Waals surface area contributed by atoms with Crippen LogP contribution < -0.4 is 10.3 Å². The minimum absolute atomic E-state index is 0.00569. The first kappa shape index (κ1) is 24.8. The summed E-state index contributed by atoms with van der Waals surface area (Å²) in [5.74, 6) is -1.94. The number of methoxy groups -OCH3 is 1. The number of benzene rings is 2. The molecule has 1 aliphatic heterocycles. The number of aromatic nitrogens is 1. The van der Waals surface area contributed by atoms with Crippen LogP contribution in [0.15, 0.2) is 74.4 Å². The number of ether oxygens (including phenoxy) is 1. The first-order chi connectivity index (χ1) is 17.9. The zero-order valence-electron chi connectivity index (χ0n) is 19.8. The lowest BCUT2D eigenvalue weighted by Gasteiger charge is -2.21. The van der Waals surface area contributed by atoms with Crippen molar-refractivity contribution in [1.29, 1.82) is 0 Å². The van der Waals surface area contributed by atoms with Gasteiger partial charge in [-0.25, -0.2) is 13.2 Å². The third kappa shape index (κ3) is 4.11. The summed E-state index contributed by atoms with van der Waals surface area (Å²) in [4.78, 5) is 14.0. The maximum absolute atomic E-state index is 15.4. The molecular weight excluding hydrogens is 505 g/mol. The van der Waals surface area contributed by atoms with Gasteiger partial charge in [0, 0.05) is 28.9 Å². The van der Waals surface area contributed by atoms with E-state index in [1.807, 2.05) is 0 Å². The quantitative estimate of drug-likeness (QED) is 0.191. The largest absolute Gasteiger partial charge is 0.494 e. The average Bonchev–Trinajstić information content (AvgIpc) is 3.56. The van der Waals surface area contributed by atoms with Gasteiger partial charge in [-0.2, -0.15) is 0 Å². The first-order valence-electron chi connectivity index (χ1n) is 11.3. The molecule has 0 fully saturated rings. The Morgan fingerprint density at radius 2 is 1.89 bits per heavy atom. The van der Waals surface area contributed by atoms with Crippen molar-refractivity contribution in [2.24, 2.45) is 5.16 Å². The fourth-order valence-electron chi connectivity index (χ4n) is 4.70. The zero-order chi connectivity index (χ0) is 26.3. The molecule has 1 unspecified atom stereocenters. The molecule has 190 valence electrons. The normalized spacial score (nSPS) is 15.2. The average molecular weight is 527 g/mol. The second kappa shape index (κ2) is 9.85. The Kier molecular flexibility index (Phi) is 6.59. The summed E-state index contributed by atoms with van der Waals surface area (Å²) in [5, 5.41) is 13.7. The van der Waals surface area contributed by atoms with Gasteiger partial charge >= 0.3 is 0 Å². The van der Waals surface area contributed by atoms with Crippen LogP contribution in [0.25, 0.3) is 11.1 Å². The number of rotatable bonds is 6. The molecule has 10 heteroatoms. The Bertz CT molecular complexity index is 1560. The van der Waals surface area contributed by atoms with Gasteiger partial charge in [0.25, 0.3) is 5.56 Å². The molecule has 0 saturated carbocycles. The van der Waals surface area contributed by atoms with E-state index in [4.69, 9.17) is 9.15 Å². The second-order valence-electron chi connectivity index (χ2n) is 8.48. The minimum Gasteiger partial charge on any atom is -0.494 e. The van der Waals surface area contributed by atoms with Gasteiger partial charge in [0.05, 0.1) is 36.3 Å². The van der Waals surface area contributed by atoms with E-state index in [1.165, 1.54) is 54.2 Å². The molecular formula is C27H21F3N2O4S. The lowest BCUT2D eigenvalue weighted by molar-refractivity contribution is 0.315. The second-order valence-corrected chi connectivity index (χ2v) is 9.49. The lowest BCUT2D eigenvalue weighted by atomic mass is 9.93. The van der Waals surface area contributed by atoms with Gasteiger partial charge in [-0.1, -0.05) is 23.4 Å². The fraction of sp³-hybridized carbons (Fsp3) is 0.185. The Hall–Kier alpha value is -3.92. The van der Waals surface area contributed by atoms with Gasteiger partial charge in [-0.3, -0.25) is 9.36 Å². The number of nitrogens with zero attached hydrogens (tertiary/aromatic N) is 2. The van der Waals surface area contributed by atoms with Crippen LogP contribution in [0.1, 0.15) is 28.3 Å². The van der Waals surface area contributed by atoms with E-state index in [-0.39, 0.29) is 34.6 Å².